The summed E-state index contributed by atoms with van der Waals surface area (Å²) in [5, 5.41) is 3.67. The van der Waals surface area contributed by atoms with Crippen LogP contribution in [-0.4, -0.2) is 29.6 Å². The molecule has 0 bridgehead atoms. The summed E-state index contributed by atoms with van der Waals surface area (Å²) in [4.78, 5) is 1.88. The van der Waals surface area contributed by atoms with Crippen molar-refractivity contribution in [2.45, 2.75) is 50.6 Å². The van der Waals surface area contributed by atoms with Crippen molar-refractivity contribution in [1.29, 1.82) is 0 Å². The van der Waals surface area contributed by atoms with Crippen molar-refractivity contribution in [3.05, 3.63) is 29.3 Å². The lowest BCUT2D eigenvalue weighted by Gasteiger charge is -2.39. The Hall–Kier alpha value is -0.810. The van der Waals surface area contributed by atoms with Crippen LogP contribution in [0.5, 0.6) is 0 Å². The number of thioether (sulfide) groups is 1. The van der Waals surface area contributed by atoms with Crippen molar-refractivity contribution in [2.24, 2.45) is 0 Å². The molecule has 0 amide bonds. The van der Waals surface area contributed by atoms with Crippen LogP contribution in [0.1, 0.15) is 32.3 Å². The fourth-order valence-corrected chi connectivity index (χ4v) is 3.89. The second-order valence-electron chi connectivity index (χ2n) is 6.07. The van der Waals surface area contributed by atoms with Gasteiger partial charge in [-0.15, -0.1) is 0 Å². The maximum Gasteiger partial charge on any atom is 0.149 e. The third kappa shape index (κ3) is 3.34. The molecule has 5 heteroatoms. The van der Waals surface area contributed by atoms with E-state index in [9.17, 15) is 8.78 Å². The third-order valence-corrected chi connectivity index (χ3v) is 5.76. The third-order valence-electron chi connectivity index (χ3n) is 4.42. The molecule has 2 atom stereocenters. The van der Waals surface area contributed by atoms with E-state index >= 15 is 0 Å². The number of rotatable bonds is 4. The Bertz CT molecular complexity index is 496. The van der Waals surface area contributed by atoms with Gasteiger partial charge in [-0.25, -0.2) is 8.78 Å². The van der Waals surface area contributed by atoms with Crippen LogP contribution < -0.4 is 10.2 Å². The summed E-state index contributed by atoms with van der Waals surface area (Å²) in [6.45, 7) is 5.40. The Morgan fingerprint density at radius 1 is 1.24 bits per heavy atom. The molecule has 2 aliphatic rings. The predicted octanol–water partition coefficient (Wildman–Crippen LogP) is 3.55. The molecule has 116 valence electrons. The van der Waals surface area contributed by atoms with Crippen LogP contribution in [0.3, 0.4) is 0 Å². The van der Waals surface area contributed by atoms with Gasteiger partial charge in [0.15, 0.2) is 0 Å². The van der Waals surface area contributed by atoms with Crippen LogP contribution in [-0.2, 0) is 6.54 Å². The minimum atomic E-state index is -0.437. The van der Waals surface area contributed by atoms with E-state index in [1.54, 1.807) is 0 Å². The first-order valence-corrected chi connectivity index (χ1v) is 8.70. The van der Waals surface area contributed by atoms with E-state index in [1.807, 2.05) is 23.6 Å². The predicted molar refractivity (Wildman–Crippen MR) is 84.9 cm³/mol. The molecule has 21 heavy (non-hydrogen) atoms. The van der Waals surface area contributed by atoms with Gasteiger partial charge in [0.25, 0.3) is 0 Å². The molecule has 0 spiro atoms. The average Bonchev–Trinajstić information content (AvgIpc) is 3.24. The minimum Gasteiger partial charge on any atom is -0.362 e. The maximum atomic E-state index is 14.4. The first-order chi connectivity index (χ1) is 10.1. The standard InChI is InChI=1S/C16H22F2N2S/c1-10-11(2)21-6-5-20(10)16-14(17)7-12(8-15(16)18)9-19-13-3-4-13/h7-8,10-11,13,19H,3-6,9H2,1-2H3. The van der Waals surface area contributed by atoms with Crippen molar-refractivity contribution in [2.75, 3.05) is 17.2 Å². The summed E-state index contributed by atoms with van der Waals surface area (Å²) in [6, 6.07) is 3.64. The number of hydrogen-bond donors (Lipinski definition) is 1. The van der Waals surface area contributed by atoms with Crippen LogP contribution in [0.25, 0.3) is 0 Å². The zero-order valence-corrected chi connectivity index (χ0v) is 13.4. The van der Waals surface area contributed by atoms with Gasteiger partial charge in [-0.05, 0) is 37.5 Å². The summed E-state index contributed by atoms with van der Waals surface area (Å²) in [6.07, 6.45) is 2.34. The Balaban J connectivity index is 1.80. The van der Waals surface area contributed by atoms with Gasteiger partial charge < -0.3 is 10.2 Å². The van der Waals surface area contributed by atoms with E-state index in [4.69, 9.17) is 0 Å². The first-order valence-electron chi connectivity index (χ1n) is 7.66. The van der Waals surface area contributed by atoms with Gasteiger partial charge in [-0.2, -0.15) is 11.8 Å². The smallest absolute Gasteiger partial charge is 0.149 e. The number of halogens is 2. The minimum absolute atomic E-state index is 0.142. The maximum absolute atomic E-state index is 14.4. The van der Waals surface area contributed by atoms with Crippen LogP contribution in [0.2, 0.25) is 0 Å². The summed E-state index contributed by atoms with van der Waals surface area (Å²) < 4.78 is 28.8. The topological polar surface area (TPSA) is 15.3 Å². The van der Waals surface area contributed by atoms with Crippen LogP contribution in [0.4, 0.5) is 14.5 Å². The Morgan fingerprint density at radius 2 is 1.90 bits per heavy atom. The molecule has 1 saturated heterocycles. The highest BCUT2D eigenvalue weighted by molar-refractivity contribution is 8.00. The molecule has 0 radical (unpaired) electrons. The highest BCUT2D eigenvalue weighted by atomic mass is 32.2. The Kier molecular flexibility index (Phi) is 4.41. The van der Waals surface area contributed by atoms with Crippen LogP contribution in [0, 0.1) is 11.6 Å². The molecule has 1 aromatic rings. The second-order valence-corrected chi connectivity index (χ2v) is 7.56. The van der Waals surface area contributed by atoms with Crippen LogP contribution in [0.15, 0.2) is 12.1 Å². The number of nitrogens with zero attached hydrogens (tertiary/aromatic N) is 1. The molecule has 1 heterocycles. The van der Waals surface area contributed by atoms with Gasteiger partial charge in [-0.1, -0.05) is 6.92 Å². The summed E-state index contributed by atoms with van der Waals surface area (Å²) in [7, 11) is 0. The van der Waals surface area contributed by atoms with Crippen LogP contribution >= 0.6 is 11.8 Å². The summed E-state index contributed by atoms with van der Waals surface area (Å²) in [5.41, 5.74) is 0.831. The Labute approximate surface area is 129 Å². The van der Waals surface area contributed by atoms with Crippen molar-refractivity contribution in [1.82, 2.24) is 5.32 Å². The van der Waals surface area contributed by atoms with Gasteiger partial charge in [0, 0.05) is 36.2 Å². The lowest BCUT2D eigenvalue weighted by Crippen LogP contribution is -2.45. The van der Waals surface area contributed by atoms with Gasteiger partial charge in [0.2, 0.25) is 0 Å². The van der Waals surface area contributed by atoms with Crippen molar-refractivity contribution in [3.63, 3.8) is 0 Å². The molecule has 3 rings (SSSR count). The van der Waals surface area contributed by atoms with Gasteiger partial charge in [0.05, 0.1) is 0 Å². The van der Waals surface area contributed by atoms with E-state index in [0.717, 1.165) is 5.75 Å². The van der Waals surface area contributed by atoms with Gasteiger partial charge in [-0.3, -0.25) is 0 Å². The molecule has 1 N–H and O–H groups in total. The van der Waals surface area contributed by atoms with E-state index in [2.05, 4.69) is 12.2 Å². The van der Waals surface area contributed by atoms with E-state index in [0.29, 0.717) is 29.9 Å². The SMILES string of the molecule is CC1SCCN(c2c(F)cc(CNC3CC3)cc2F)C1C. The van der Waals surface area contributed by atoms with Gasteiger partial charge >= 0.3 is 0 Å². The number of nitrogens with one attached hydrogen (secondary N) is 1. The molecule has 0 aromatic heterocycles. The normalized spacial score (nSPS) is 26.2. The van der Waals surface area contributed by atoms with E-state index in [-0.39, 0.29) is 11.7 Å². The molecule has 1 aromatic carbocycles. The van der Waals surface area contributed by atoms with Gasteiger partial charge in [0.1, 0.15) is 17.3 Å². The lowest BCUT2D eigenvalue weighted by molar-refractivity contribution is 0.539. The molecule has 2 unspecified atom stereocenters. The molecule has 1 aliphatic heterocycles. The average molecular weight is 312 g/mol. The number of benzene rings is 1. The van der Waals surface area contributed by atoms with Crippen molar-refractivity contribution < 1.29 is 8.78 Å². The fraction of sp³-hybridized carbons (Fsp3) is 0.625. The summed E-state index contributed by atoms with van der Waals surface area (Å²) in [5.74, 6) is 0.0390. The fourth-order valence-electron chi connectivity index (χ4n) is 2.79. The largest absolute Gasteiger partial charge is 0.362 e. The quantitative estimate of drug-likeness (QED) is 0.915. The zero-order chi connectivity index (χ0) is 15.0. The molecular formula is C16H22F2N2S. The van der Waals surface area contributed by atoms with Crippen molar-refractivity contribution >= 4 is 17.4 Å². The highest BCUT2D eigenvalue weighted by Gasteiger charge is 2.29. The lowest BCUT2D eigenvalue weighted by atomic mass is 10.1. The second kappa shape index (κ2) is 6.13. The first kappa shape index (κ1) is 15.1. The molecule has 1 aliphatic carbocycles. The van der Waals surface area contributed by atoms with E-state index in [1.165, 1.54) is 25.0 Å². The molecule has 1 saturated carbocycles. The van der Waals surface area contributed by atoms with E-state index < -0.39 is 11.6 Å². The summed E-state index contributed by atoms with van der Waals surface area (Å²) >= 11 is 1.86. The molecule has 2 fully saturated rings. The number of anilines is 1. The van der Waals surface area contributed by atoms with Crippen molar-refractivity contribution in [3.8, 4) is 0 Å². The molecule has 2 nitrogen and oxygen atoms in total. The molecular weight excluding hydrogens is 290 g/mol. The Morgan fingerprint density at radius 3 is 2.52 bits per heavy atom. The monoisotopic (exact) mass is 312 g/mol. The zero-order valence-electron chi connectivity index (χ0n) is 12.5. The highest BCUT2D eigenvalue weighted by Crippen LogP contribution is 2.33. The number of hydrogen-bond acceptors (Lipinski definition) is 3.